The first kappa shape index (κ1) is 18.8. The number of nitrogens with one attached hydrogen (secondary N) is 1. The molecule has 1 atom stereocenters. The van der Waals surface area contributed by atoms with Crippen molar-refractivity contribution in [2.75, 3.05) is 31.6 Å². The molecule has 3 N–H and O–H groups in total. The molecule has 1 aromatic rings. The highest BCUT2D eigenvalue weighted by atomic mass is 32.2. The van der Waals surface area contributed by atoms with Crippen LogP contribution in [0.25, 0.3) is 0 Å². The van der Waals surface area contributed by atoms with Gasteiger partial charge in [0.1, 0.15) is 5.25 Å². The van der Waals surface area contributed by atoms with Gasteiger partial charge in [-0.3, -0.25) is 9.59 Å². The van der Waals surface area contributed by atoms with Crippen molar-refractivity contribution < 1.29 is 22.7 Å². The molecule has 2 aliphatic heterocycles. The number of hydrogen-bond acceptors (Lipinski definition) is 7. The third-order valence-corrected chi connectivity index (χ3v) is 5.99. The fourth-order valence-electron chi connectivity index (χ4n) is 2.51. The lowest BCUT2D eigenvalue weighted by atomic mass is 10.2. The lowest BCUT2D eigenvalue weighted by Gasteiger charge is -2.27. The Kier molecular flexibility index (Phi) is 5.61. The Morgan fingerprint density at radius 2 is 1.96 bits per heavy atom. The number of carbonyl (C=O) groups excluding carboxylic acids is 2. The van der Waals surface area contributed by atoms with Gasteiger partial charge in [0.25, 0.3) is 5.91 Å². The molecule has 0 radical (unpaired) electrons. The number of aliphatic imine (C=N–C) groups is 1. The van der Waals surface area contributed by atoms with Gasteiger partial charge in [-0.2, -0.15) is 4.99 Å². The number of nitrogens with zero attached hydrogens (tertiary/aromatic N) is 2. The standard InChI is InChI=1S/C15H18N4O5S2/c16-26(22,23)11-3-1-10(2-4-11)17-13(20)9-12-14(21)18-15(25-12)19-5-7-24-8-6-19/h1-4,12H,5-9H2,(H,17,20)(H2,16,22,23)/t12-/m0/s1. The number of hydrogen-bond donors (Lipinski definition) is 2. The number of primary sulfonamides is 1. The van der Waals surface area contributed by atoms with Gasteiger partial charge >= 0.3 is 0 Å². The van der Waals surface area contributed by atoms with Crippen molar-refractivity contribution in [1.29, 1.82) is 0 Å². The van der Waals surface area contributed by atoms with Crippen LogP contribution in [0.1, 0.15) is 6.42 Å². The molecule has 11 heteroatoms. The molecule has 0 aliphatic carbocycles. The van der Waals surface area contributed by atoms with Crippen LogP contribution in [0.4, 0.5) is 5.69 Å². The van der Waals surface area contributed by atoms with Gasteiger partial charge in [0.05, 0.1) is 18.1 Å². The van der Waals surface area contributed by atoms with Crippen LogP contribution in [0.15, 0.2) is 34.2 Å². The summed E-state index contributed by atoms with van der Waals surface area (Å²) in [5.74, 6) is -0.672. The van der Waals surface area contributed by atoms with E-state index in [2.05, 4.69) is 10.3 Å². The maximum atomic E-state index is 12.2. The third kappa shape index (κ3) is 4.61. The van der Waals surface area contributed by atoms with Crippen molar-refractivity contribution in [3.05, 3.63) is 24.3 Å². The highest BCUT2D eigenvalue weighted by Crippen LogP contribution is 2.28. The van der Waals surface area contributed by atoms with E-state index in [0.29, 0.717) is 37.2 Å². The summed E-state index contributed by atoms with van der Waals surface area (Å²) in [5, 5.41) is 7.74. The fraction of sp³-hybridized carbons (Fsp3) is 0.400. The van der Waals surface area contributed by atoms with E-state index in [1.54, 1.807) is 0 Å². The zero-order valence-corrected chi connectivity index (χ0v) is 15.4. The van der Waals surface area contributed by atoms with Crippen LogP contribution in [0.5, 0.6) is 0 Å². The van der Waals surface area contributed by atoms with Crippen molar-refractivity contribution in [2.24, 2.45) is 10.1 Å². The molecule has 9 nitrogen and oxygen atoms in total. The summed E-state index contributed by atoms with van der Waals surface area (Å²) in [4.78, 5) is 30.2. The molecule has 1 fully saturated rings. The second-order valence-electron chi connectivity index (χ2n) is 5.76. The van der Waals surface area contributed by atoms with Crippen molar-refractivity contribution in [1.82, 2.24) is 4.90 Å². The zero-order chi connectivity index (χ0) is 18.7. The molecular formula is C15H18N4O5S2. The maximum absolute atomic E-state index is 12.2. The summed E-state index contributed by atoms with van der Waals surface area (Å²) in [6.45, 7) is 2.53. The molecule has 2 heterocycles. The van der Waals surface area contributed by atoms with Crippen LogP contribution >= 0.6 is 11.8 Å². The molecule has 1 saturated heterocycles. The monoisotopic (exact) mass is 398 g/mol. The lowest BCUT2D eigenvalue weighted by Crippen LogP contribution is -2.39. The molecule has 0 spiro atoms. The SMILES string of the molecule is NS(=O)(=O)c1ccc(NC(=O)C[C@@H]2SC(N3CCOCC3)=NC2=O)cc1. The van der Waals surface area contributed by atoms with E-state index >= 15 is 0 Å². The molecule has 26 heavy (non-hydrogen) atoms. The van der Waals surface area contributed by atoms with Gasteiger partial charge in [0, 0.05) is 25.2 Å². The largest absolute Gasteiger partial charge is 0.378 e. The number of carbonyl (C=O) groups is 2. The molecule has 1 aromatic carbocycles. The first-order valence-electron chi connectivity index (χ1n) is 7.87. The second-order valence-corrected chi connectivity index (χ2v) is 8.49. The molecule has 0 unspecified atom stereocenters. The van der Waals surface area contributed by atoms with Crippen molar-refractivity contribution >= 4 is 44.5 Å². The summed E-state index contributed by atoms with van der Waals surface area (Å²) in [6, 6.07) is 5.49. The van der Waals surface area contributed by atoms with E-state index < -0.39 is 15.3 Å². The van der Waals surface area contributed by atoms with Crippen molar-refractivity contribution in [3.8, 4) is 0 Å². The number of anilines is 1. The molecule has 2 aliphatic rings. The van der Waals surface area contributed by atoms with E-state index in [1.807, 2.05) is 4.90 Å². The molecule has 0 bridgehead atoms. The number of rotatable bonds is 4. The zero-order valence-electron chi connectivity index (χ0n) is 13.8. The number of nitrogens with two attached hydrogens (primary N) is 1. The van der Waals surface area contributed by atoms with Crippen LogP contribution in [0.2, 0.25) is 0 Å². The Bertz CT molecular complexity index is 832. The molecule has 0 aromatic heterocycles. The fourth-order valence-corrected chi connectivity index (χ4v) is 4.14. The molecule has 0 saturated carbocycles. The van der Waals surface area contributed by atoms with Gasteiger partial charge < -0.3 is 15.0 Å². The topological polar surface area (TPSA) is 131 Å². The molecule has 2 amide bonds. The Labute approximate surface area is 155 Å². The van der Waals surface area contributed by atoms with E-state index in [1.165, 1.54) is 36.0 Å². The maximum Gasteiger partial charge on any atom is 0.262 e. The molecular weight excluding hydrogens is 380 g/mol. The van der Waals surface area contributed by atoms with E-state index in [-0.39, 0.29) is 23.1 Å². The molecule has 3 rings (SSSR count). The van der Waals surface area contributed by atoms with E-state index in [4.69, 9.17) is 9.88 Å². The van der Waals surface area contributed by atoms with Crippen LogP contribution < -0.4 is 10.5 Å². The quantitative estimate of drug-likeness (QED) is 0.729. The first-order chi connectivity index (χ1) is 12.3. The Morgan fingerprint density at radius 3 is 2.58 bits per heavy atom. The number of amidine groups is 1. The molecule has 140 valence electrons. The average molecular weight is 398 g/mol. The van der Waals surface area contributed by atoms with Crippen molar-refractivity contribution in [3.63, 3.8) is 0 Å². The van der Waals surface area contributed by atoms with Crippen LogP contribution in [0.3, 0.4) is 0 Å². The van der Waals surface area contributed by atoms with Gasteiger partial charge in [0.15, 0.2) is 5.17 Å². The Morgan fingerprint density at radius 1 is 1.31 bits per heavy atom. The van der Waals surface area contributed by atoms with Gasteiger partial charge in [0.2, 0.25) is 15.9 Å². The summed E-state index contributed by atoms with van der Waals surface area (Å²) in [5.41, 5.74) is 0.423. The third-order valence-electron chi connectivity index (χ3n) is 3.85. The summed E-state index contributed by atoms with van der Waals surface area (Å²) < 4.78 is 27.7. The van der Waals surface area contributed by atoms with Gasteiger partial charge in [-0.25, -0.2) is 13.6 Å². The number of ether oxygens (including phenoxy) is 1. The van der Waals surface area contributed by atoms with Gasteiger partial charge in [-0.1, -0.05) is 11.8 Å². The lowest BCUT2D eigenvalue weighted by molar-refractivity contribution is -0.121. The summed E-state index contributed by atoms with van der Waals surface area (Å²) in [6.07, 6.45) is -0.0161. The van der Waals surface area contributed by atoms with E-state index in [9.17, 15) is 18.0 Å². The summed E-state index contributed by atoms with van der Waals surface area (Å²) >= 11 is 1.28. The Balaban J connectivity index is 1.54. The predicted octanol–water partition coefficient (Wildman–Crippen LogP) is -0.00720. The minimum Gasteiger partial charge on any atom is -0.378 e. The highest BCUT2D eigenvalue weighted by molar-refractivity contribution is 8.15. The predicted molar refractivity (Wildman–Crippen MR) is 97.3 cm³/mol. The minimum absolute atomic E-state index is 0.0161. The smallest absolute Gasteiger partial charge is 0.262 e. The van der Waals surface area contributed by atoms with Crippen molar-refractivity contribution in [2.45, 2.75) is 16.6 Å². The average Bonchev–Trinajstić information content (AvgIpc) is 2.96. The number of thioether (sulfide) groups is 1. The number of sulfonamides is 1. The number of morpholine rings is 1. The van der Waals surface area contributed by atoms with Gasteiger partial charge in [-0.15, -0.1) is 0 Å². The van der Waals surface area contributed by atoms with Gasteiger partial charge in [-0.05, 0) is 24.3 Å². The summed E-state index contributed by atoms with van der Waals surface area (Å²) in [7, 11) is -3.78. The first-order valence-corrected chi connectivity index (χ1v) is 10.3. The normalized spacial score (nSPS) is 20.8. The minimum atomic E-state index is -3.78. The van der Waals surface area contributed by atoms with E-state index in [0.717, 1.165) is 0 Å². The van der Waals surface area contributed by atoms with Crippen LogP contribution in [0, 0.1) is 0 Å². The van der Waals surface area contributed by atoms with Crippen LogP contribution in [-0.4, -0.2) is 61.9 Å². The Hall–Kier alpha value is -1.95. The van der Waals surface area contributed by atoms with Crippen LogP contribution in [-0.2, 0) is 24.3 Å². The number of amides is 2. The highest BCUT2D eigenvalue weighted by Gasteiger charge is 2.33. The second kappa shape index (κ2) is 7.74. The number of benzene rings is 1.